The molecule has 0 amide bonds. The molecule has 2 heterocycles. The van der Waals surface area contributed by atoms with Gasteiger partial charge in [-0.2, -0.15) is 5.10 Å². The van der Waals surface area contributed by atoms with Crippen LogP contribution in [0, 0.1) is 6.92 Å². The van der Waals surface area contributed by atoms with Gasteiger partial charge in [-0.05, 0) is 26.3 Å². The molecule has 0 bridgehead atoms. The standard InChI is InChI=1S/C12H22N4/c1-4-13-11-5-7-16(8-6-11)12-9-15(3)14-10(12)2/h9,11,13H,4-8H2,1-3H3. The molecule has 1 aliphatic heterocycles. The second kappa shape index (κ2) is 4.87. The number of aromatic nitrogens is 2. The fourth-order valence-corrected chi connectivity index (χ4v) is 2.51. The van der Waals surface area contributed by atoms with Crippen molar-refractivity contribution in [3.63, 3.8) is 0 Å². The van der Waals surface area contributed by atoms with Crippen molar-refractivity contribution in [2.45, 2.75) is 32.7 Å². The van der Waals surface area contributed by atoms with E-state index in [-0.39, 0.29) is 0 Å². The molecule has 0 atom stereocenters. The third-order valence-corrected chi connectivity index (χ3v) is 3.32. The van der Waals surface area contributed by atoms with Gasteiger partial charge in [0.2, 0.25) is 0 Å². The highest BCUT2D eigenvalue weighted by atomic mass is 15.3. The largest absolute Gasteiger partial charge is 0.369 e. The molecule has 0 aliphatic carbocycles. The first-order valence-corrected chi connectivity index (χ1v) is 6.19. The van der Waals surface area contributed by atoms with E-state index in [1.54, 1.807) is 0 Å². The highest BCUT2D eigenvalue weighted by molar-refractivity contribution is 5.49. The predicted molar refractivity (Wildman–Crippen MR) is 66.9 cm³/mol. The molecule has 1 saturated heterocycles. The van der Waals surface area contributed by atoms with Gasteiger partial charge in [0.15, 0.2) is 0 Å². The van der Waals surface area contributed by atoms with Crippen molar-refractivity contribution in [2.75, 3.05) is 24.5 Å². The molecule has 4 nitrogen and oxygen atoms in total. The van der Waals surface area contributed by atoms with Crippen LogP contribution in [0.3, 0.4) is 0 Å². The topological polar surface area (TPSA) is 33.1 Å². The van der Waals surface area contributed by atoms with Gasteiger partial charge in [0, 0.05) is 32.4 Å². The maximum atomic E-state index is 4.40. The lowest BCUT2D eigenvalue weighted by molar-refractivity contribution is 0.423. The molecule has 0 spiro atoms. The minimum Gasteiger partial charge on any atom is -0.369 e. The summed E-state index contributed by atoms with van der Waals surface area (Å²) in [4.78, 5) is 2.45. The van der Waals surface area contributed by atoms with Gasteiger partial charge in [-0.15, -0.1) is 0 Å². The maximum Gasteiger partial charge on any atom is 0.0827 e. The Morgan fingerprint density at radius 2 is 2.12 bits per heavy atom. The molecule has 0 radical (unpaired) electrons. The summed E-state index contributed by atoms with van der Waals surface area (Å²) in [5.41, 5.74) is 2.45. The van der Waals surface area contributed by atoms with Crippen LogP contribution in [0.15, 0.2) is 6.20 Å². The Balaban J connectivity index is 1.96. The molecule has 1 aliphatic rings. The lowest BCUT2D eigenvalue weighted by Gasteiger charge is -2.33. The monoisotopic (exact) mass is 222 g/mol. The molecule has 0 saturated carbocycles. The fourth-order valence-electron chi connectivity index (χ4n) is 2.51. The summed E-state index contributed by atoms with van der Waals surface area (Å²) in [6.07, 6.45) is 4.60. The van der Waals surface area contributed by atoms with Gasteiger partial charge in [-0.3, -0.25) is 4.68 Å². The van der Waals surface area contributed by atoms with Crippen LogP contribution in [-0.2, 0) is 7.05 Å². The van der Waals surface area contributed by atoms with Gasteiger partial charge in [-0.1, -0.05) is 6.92 Å². The van der Waals surface area contributed by atoms with E-state index >= 15 is 0 Å². The summed E-state index contributed by atoms with van der Waals surface area (Å²) in [6, 6.07) is 0.707. The van der Waals surface area contributed by atoms with E-state index in [1.807, 2.05) is 11.7 Å². The number of anilines is 1. The van der Waals surface area contributed by atoms with Crippen molar-refractivity contribution < 1.29 is 0 Å². The molecule has 1 fully saturated rings. The van der Waals surface area contributed by atoms with Crippen LogP contribution in [-0.4, -0.2) is 35.5 Å². The Kier molecular flexibility index (Phi) is 3.49. The molecule has 1 aromatic rings. The van der Waals surface area contributed by atoms with Gasteiger partial charge < -0.3 is 10.2 Å². The van der Waals surface area contributed by atoms with E-state index in [2.05, 4.69) is 35.4 Å². The number of hydrogen-bond donors (Lipinski definition) is 1. The van der Waals surface area contributed by atoms with Crippen LogP contribution in [0.2, 0.25) is 0 Å². The van der Waals surface area contributed by atoms with E-state index in [4.69, 9.17) is 0 Å². The van der Waals surface area contributed by atoms with Crippen molar-refractivity contribution in [2.24, 2.45) is 7.05 Å². The van der Waals surface area contributed by atoms with E-state index in [1.165, 1.54) is 18.5 Å². The zero-order chi connectivity index (χ0) is 11.5. The highest BCUT2D eigenvalue weighted by Crippen LogP contribution is 2.22. The number of hydrogen-bond acceptors (Lipinski definition) is 3. The molecule has 0 unspecified atom stereocenters. The number of rotatable bonds is 3. The molecule has 1 aromatic heterocycles. The molecular formula is C12H22N4. The zero-order valence-electron chi connectivity index (χ0n) is 10.5. The van der Waals surface area contributed by atoms with Crippen LogP contribution >= 0.6 is 0 Å². The van der Waals surface area contributed by atoms with Crippen LogP contribution in [0.5, 0.6) is 0 Å². The van der Waals surface area contributed by atoms with Gasteiger partial charge in [0.05, 0.1) is 11.4 Å². The van der Waals surface area contributed by atoms with Gasteiger partial charge >= 0.3 is 0 Å². The Hall–Kier alpha value is -1.03. The van der Waals surface area contributed by atoms with Crippen LogP contribution in [0.1, 0.15) is 25.5 Å². The average Bonchev–Trinajstić information content (AvgIpc) is 2.59. The van der Waals surface area contributed by atoms with E-state index in [9.17, 15) is 0 Å². The van der Waals surface area contributed by atoms with Crippen LogP contribution in [0.4, 0.5) is 5.69 Å². The quantitative estimate of drug-likeness (QED) is 0.837. The highest BCUT2D eigenvalue weighted by Gasteiger charge is 2.20. The van der Waals surface area contributed by atoms with E-state index in [0.29, 0.717) is 6.04 Å². The minimum atomic E-state index is 0.707. The summed E-state index contributed by atoms with van der Waals surface area (Å²) in [6.45, 7) is 7.63. The number of nitrogens with zero attached hydrogens (tertiary/aromatic N) is 3. The predicted octanol–water partition coefficient (Wildman–Crippen LogP) is 1.31. The average molecular weight is 222 g/mol. The Labute approximate surface area is 97.6 Å². The third kappa shape index (κ3) is 2.38. The summed E-state index contributed by atoms with van der Waals surface area (Å²) in [5.74, 6) is 0. The maximum absolute atomic E-state index is 4.40. The summed E-state index contributed by atoms with van der Waals surface area (Å²) in [7, 11) is 1.99. The molecule has 90 valence electrons. The van der Waals surface area contributed by atoms with Crippen molar-refractivity contribution in [3.8, 4) is 0 Å². The van der Waals surface area contributed by atoms with Crippen LogP contribution < -0.4 is 10.2 Å². The fraction of sp³-hybridized carbons (Fsp3) is 0.750. The normalized spacial score (nSPS) is 18.1. The molecular weight excluding hydrogens is 200 g/mol. The number of aryl methyl sites for hydroxylation is 2. The summed E-state index contributed by atoms with van der Waals surface area (Å²) < 4.78 is 1.90. The first-order valence-electron chi connectivity index (χ1n) is 6.19. The molecule has 16 heavy (non-hydrogen) atoms. The summed E-state index contributed by atoms with van der Waals surface area (Å²) >= 11 is 0. The van der Waals surface area contributed by atoms with E-state index in [0.717, 1.165) is 25.3 Å². The second-order valence-electron chi connectivity index (χ2n) is 4.59. The van der Waals surface area contributed by atoms with Gasteiger partial charge in [-0.25, -0.2) is 0 Å². The lowest BCUT2D eigenvalue weighted by Crippen LogP contribution is -2.42. The SMILES string of the molecule is CCNC1CCN(c2cn(C)nc2C)CC1. The van der Waals surface area contributed by atoms with Crippen molar-refractivity contribution in [1.82, 2.24) is 15.1 Å². The Morgan fingerprint density at radius 3 is 2.62 bits per heavy atom. The van der Waals surface area contributed by atoms with Crippen LogP contribution in [0.25, 0.3) is 0 Å². The number of piperidine rings is 1. The Bertz CT molecular complexity index is 337. The van der Waals surface area contributed by atoms with E-state index < -0.39 is 0 Å². The molecule has 0 aromatic carbocycles. The first kappa shape index (κ1) is 11.5. The van der Waals surface area contributed by atoms with Gasteiger partial charge in [0.1, 0.15) is 0 Å². The Morgan fingerprint density at radius 1 is 1.44 bits per heavy atom. The molecule has 4 heteroatoms. The van der Waals surface area contributed by atoms with Crippen molar-refractivity contribution in [3.05, 3.63) is 11.9 Å². The minimum absolute atomic E-state index is 0.707. The third-order valence-electron chi connectivity index (χ3n) is 3.32. The smallest absolute Gasteiger partial charge is 0.0827 e. The number of nitrogens with one attached hydrogen (secondary N) is 1. The summed E-state index contributed by atoms with van der Waals surface area (Å²) in [5, 5.41) is 7.93. The zero-order valence-corrected chi connectivity index (χ0v) is 10.5. The van der Waals surface area contributed by atoms with Gasteiger partial charge in [0.25, 0.3) is 0 Å². The van der Waals surface area contributed by atoms with Crippen molar-refractivity contribution in [1.29, 1.82) is 0 Å². The molecule has 2 rings (SSSR count). The second-order valence-corrected chi connectivity index (χ2v) is 4.59. The van der Waals surface area contributed by atoms with Crippen molar-refractivity contribution >= 4 is 5.69 Å². The first-order chi connectivity index (χ1) is 7.70. The molecule has 1 N–H and O–H groups in total. The lowest BCUT2D eigenvalue weighted by atomic mass is 10.0.